The number of carbonyl (C=O) groups excluding carboxylic acids is 2. The molecular formula is C21H23NO6. The molecule has 1 N–H and O–H groups in total. The molecule has 2 aromatic rings. The van der Waals surface area contributed by atoms with Gasteiger partial charge in [0.05, 0.1) is 0 Å². The first-order valence-electron chi connectivity index (χ1n) is 9.09. The van der Waals surface area contributed by atoms with E-state index in [1.165, 1.54) is 5.56 Å². The SMILES string of the molecule is CC(C)c1ccc(OCC(=O)OCC(=O)Nc2ccc3c(c2)OCCO3)cc1. The number of rotatable bonds is 7. The quantitative estimate of drug-likeness (QED) is 0.738. The number of amides is 1. The molecule has 0 aromatic heterocycles. The van der Waals surface area contributed by atoms with E-state index >= 15 is 0 Å². The summed E-state index contributed by atoms with van der Waals surface area (Å²) < 4.78 is 21.2. The first-order valence-corrected chi connectivity index (χ1v) is 9.09. The van der Waals surface area contributed by atoms with E-state index in [4.69, 9.17) is 18.9 Å². The predicted octanol–water partition coefficient (Wildman–Crippen LogP) is 3.14. The van der Waals surface area contributed by atoms with E-state index < -0.39 is 18.5 Å². The molecule has 28 heavy (non-hydrogen) atoms. The minimum Gasteiger partial charge on any atom is -0.486 e. The van der Waals surface area contributed by atoms with Crippen LogP contribution in [0.15, 0.2) is 42.5 Å². The molecule has 0 fully saturated rings. The molecule has 0 unspecified atom stereocenters. The summed E-state index contributed by atoms with van der Waals surface area (Å²) in [6, 6.07) is 12.6. The Morgan fingerprint density at radius 2 is 1.71 bits per heavy atom. The molecule has 1 aliphatic heterocycles. The van der Waals surface area contributed by atoms with Crippen molar-refractivity contribution in [1.82, 2.24) is 0 Å². The van der Waals surface area contributed by atoms with E-state index in [1.807, 2.05) is 12.1 Å². The summed E-state index contributed by atoms with van der Waals surface area (Å²) in [4.78, 5) is 23.7. The Hall–Kier alpha value is -3.22. The van der Waals surface area contributed by atoms with Gasteiger partial charge in [0.2, 0.25) is 0 Å². The van der Waals surface area contributed by atoms with Crippen LogP contribution < -0.4 is 19.5 Å². The van der Waals surface area contributed by atoms with Crippen LogP contribution in [0.4, 0.5) is 5.69 Å². The molecule has 1 amide bonds. The molecule has 3 rings (SSSR count). The third-order valence-corrected chi connectivity index (χ3v) is 4.09. The number of benzene rings is 2. The topological polar surface area (TPSA) is 83.1 Å². The molecule has 1 heterocycles. The third-order valence-electron chi connectivity index (χ3n) is 4.09. The smallest absolute Gasteiger partial charge is 0.344 e. The van der Waals surface area contributed by atoms with Crippen molar-refractivity contribution in [2.75, 3.05) is 31.7 Å². The average molecular weight is 385 g/mol. The lowest BCUT2D eigenvalue weighted by molar-refractivity contribution is -0.149. The average Bonchev–Trinajstić information content (AvgIpc) is 2.71. The highest BCUT2D eigenvalue weighted by molar-refractivity contribution is 5.93. The highest BCUT2D eigenvalue weighted by Gasteiger charge is 2.14. The van der Waals surface area contributed by atoms with Gasteiger partial charge in [-0.1, -0.05) is 26.0 Å². The Morgan fingerprint density at radius 1 is 1.00 bits per heavy atom. The molecule has 0 aliphatic carbocycles. The second-order valence-electron chi connectivity index (χ2n) is 6.58. The molecule has 0 bridgehead atoms. The summed E-state index contributed by atoms with van der Waals surface area (Å²) in [7, 11) is 0. The maximum atomic E-state index is 12.0. The van der Waals surface area contributed by atoms with Crippen LogP contribution in [-0.4, -0.2) is 38.3 Å². The van der Waals surface area contributed by atoms with Crippen molar-refractivity contribution in [3.05, 3.63) is 48.0 Å². The fourth-order valence-corrected chi connectivity index (χ4v) is 2.60. The minimum absolute atomic E-state index is 0.266. The predicted molar refractivity (Wildman–Crippen MR) is 103 cm³/mol. The molecule has 148 valence electrons. The molecular weight excluding hydrogens is 362 g/mol. The van der Waals surface area contributed by atoms with Crippen LogP contribution in [0.5, 0.6) is 17.2 Å². The third kappa shape index (κ3) is 5.39. The van der Waals surface area contributed by atoms with Crippen LogP contribution in [0.1, 0.15) is 25.3 Å². The van der Waals surface area contributed by atoms with Crippen LogP contribution in [0.25, 0.3) is 0 Å². The van der Waals surface area contributed by atoms with Gasteiger partial charge in [-0.2, -0.15) is 0 Å². The fraction of sp³-hybridized carbons (Fsp3) is 0.333. The zero-order chi connectivity index (χ0) is 19.9. The van der Waals surface area contributed by atoms with E-state index in [9.17, 15) is 9.59 Å². The van der Waals surface area contributed by atoms with E-state index in [-0.39, 0.29) is 6.61 Å². The van der Waals surface area contributed by atoms with Gasteiger partial charge < -0.3 is 24.3 Å². The van der Waals surface area contributed by atoms with Crippen LogP contribution in [-0.2, 0) is 14.3 Å². The Kier molecular flexibility index (Phi) is 6.37. The van der Waals surface area contributed by atoms with Crippen molar-refractivity contribution < 1.29 is 28.5 Å². The van der Waals surface area contributed by atoms with Crippen LogP contribution in [0, 0.1) is 0 Å². The van der Waals surface area contributed by atoms with Crippen LogP contribution in [0.3, 0.4) is 0 Å². The summed E-state index contributed by atoms with van der Waals surface area (Å²) in [6.07, 6.45) is 0. The lowest BCUT2D eigenvalue weighted by atomic mass is 10.0. The maximum absolute atomic E-state index is 12.0. The van der Waals surface area contributed by atoms with Gasteiger partial charge in [-0.15, -0.1) is 0 Å². The van der Waals surface area contributed by atoms with Gasteiger partial charge in [-0.25, -0.2) is 4.79 Å². The van der Waals surface area contributed by atoms with E-state index in [2.05, 4.69) is 19.2 Å². The summed E-state index contributed by atoms with van der Waals surface area (Å²) in [5, 5.41) is 2.65. The Labute approximate surface area is 163 Å². The molecule has 7 nitrogen and oxygen atoms in total. The zero-order valence-corrected chi connectivity index (χ0v) is 15.9. The molecule has 0 saturated carbocycles. The van der Waals surface area contributed by atoms with E-state index in [0.717, 1.165) is 0 Å². The number of ether oxygens (including phenoxy) is 4. The minimum atomic E-state index is -0.620. The molecule has 0 radical (unpaired) electrons. The standard InChI is InChI=1S/C21H23NO6/c1-14(2)15-3-6-17(7-4-15)27-13-21(24)28-12-20(23)22-16-5-8-18-19(11-16)26-10-9-25-18/h3-8,11,14H,9-10,12-13H2,1-2H3,(H,22,23). The fourth-order valence-electron chi connectivity index (χ4n) is 2.60. The Morgan fingerprint density at radius 3 is 2.43 bits per heavy atom. The Bertz CT molecular complexity index is 831. The summed E-state index contributed by atoms with van der Waals surface area (Å²) in [5.41, 5.74) is 1.72. The number of hydrogen-bond acceptors (Lipinski definition) is 6. The van der Waals surface area contributed by atoms with Crippen LogP contribution in [0.2, 0.25) is 0 Å². The summed E-state index contributed by atoms with van der Waals surface area (Å²) >= 11 is 0. The first kappa shape index (κ1) is 19.5. The molecule has 0 spiro atoms. The molecule has 0 atom stereocenters. The number of esters is 1. The van der Waals surface area contributed by atoms with Gasteiger partial charge in [0, 0.05) is 11.8 Å². The summed E-state index contributed by atoms with van der Waals surface area (Å²) in [6.45, 7) is 4.49. The highest BCUT2D eigenvalue weighted by Crippen LogP contribution is 2.32. The maximum Gasteiger partial charge on any atom is 0.344 e. The van der Waals surface area contributed by atoms with Crippen molar-refractivity contribution in [2.24, 2.45) is 0 Å². The number of anilines is 1. The van der Waals surface area contributed by atoms with Crippen molar-refractivity contribution in [3.63, 3.8) is 0 Å². The van der Waals surface area contributed by atoms with E-state index in [0.29, 0.717) is 42.1 Å². The van der Waals surface area contributed by atoms with Gasteiger partial charge in [0.15, 0.2) is 24.7 Å². The van der Waals surface area contributed by atoms with Gasteiger partial charge in [0.25, 0.3) is 5.91 Å². The number of hydrogen-bond donors (Lipinski definition) is 1. The lowest BCUT2D eigenvalue weighted by Gasteiger charge is -2.19. The van der Waals surface area contributed by atoms with E-state index in [1.54, 1.807) is 30.3 Å². The first-order chi connectivity index (χ1) is 13.5. The number of carbonyl (C=O) groups is 2. The molecule has 2 aromatic carbocycles. The normalized spacial score (nSPS) is 12.4. The van der Waals surface area contributed by atoms with Crippen molar-refractivity contribution in [2.45, 2.75) is 19.8 Å². The largest absolute Gasteiger partial charge is 0.486 e. The Balaban J connectivity index is 1.41. The molecule has 0 saturated heterocycles. The molecule has 1 aliphatic rings. The molecule has 7 heteroatoms. The van der Waals surface area contributed by atoms with Crippen molar-refractivity contribution in [3.8, 4) is 17.2 Å². The highest BCUT2D eigenvalue weighted by atomic mass is 16.6. The second kappa shape index (κ2) is 9.12. The van der Waals surface area contributed by atoms with Gasteiger partial charge in [-0.05, 0) is 35.7 Å². The lowest BCUT2D eigenvalue weighted by Crippen LogP contribution is -2.23. The van der Waals surface area contributed by atoms with Gasteiger partial charge in [-0.3, -0.25) is 4.79 Å². The van der Waals surface area contributed by atoms with Crippen molar-refractivity contribution in [1.29, 1.82) is 0 Å². The number of fused-ring (bicyclic) bond motifs is 1. The number of nitrogens with one attached hydrogen (secondary N) is 1. The van der Waals surface area contributed by atoms with Crippen LogP contribution >= 0.6 is 0 Å². The van der Waals surface area contributed by atoms with Gasteiger partial charge in [0.1, 0.15) is 19.0 Å². The summed E-state index contributed by atoms with van der Waals surface area (Å²) in [5.74, 6) is 1.12. The van der Waals surface area contributed by atoms with Crippen molar-refractivity contribution >= 4 is 17.6 Å². The zero-order valence-electron chi connectivity index (χ0n) is 15.9. The van der Waals surface area contributed by atoms with Gasteiger partial charge >= 0.3 is 5.97 Å². The monoisotopic (exact) mass is 385 g/mol. The second-order valence-corrected chi connectivity index (χ2v) is 6.58.